The lowest BCUT2D eigenvalue weighted by Gasteiger charge is -2.29. The zero-order valence-corrected chi connectivity index (χ0v) is 15.3. The number of halogens is 1. The molecule has 0 bridgehead atoms. The van der Waals surface area contributed by atoms with Crippen molar-refractivity contribution in [3.63, 3.8) is 0 Å². The monoisotopic (exact) mass is 374 g/mol. The average Bonchev–Trinajstić information content (AvgIpc) is 3.16. The fourth-order valence-electron chi connectivity index (χ4n) is 3.64. The SMILES string of the molecule is Cl.NCc1ccc(C(=O)N2CCCC2c2cccc3c2OCCO3)cc1. The van der Waals surface area contributed by atoms with Crippen molar-refractivity contribution in [2.24, 2.45) is 5.73 Å². The molecule has 1 unspecified atom stereocenters. The average molecular weight is 375 g/mol. The van der Waals surface area contributed by atoms with Crippen molar-refractivity contribution in [1.29, 1.82) is 0 Å². The zero-order chi connectivity index (χ0) is 17.2. The maximum atomic E-state index is 13.0. The standard InChI is InChI=1S/C20H22N2O3.ClH/c21-13-14-6-8-15(9-7-14)20(23)22-10-2-4-17(22)16-3-1-5-18-19(16)25-12-11-24-18;/h1,3,5-9,17H,2,4,10-13,21H2;1H. The highest BCUT2D eigenvalue weighted by Gasteiger charge is 2.33. The van der Waals surface area contributed by atoms with Gasteiger partial charge in [-0.2, -0.15) is 0 Å². The smallest absolute Gasteiger partial charge is 0.254 e. The number of amides is 1. The predicted molar refractivity (Wildman–Crippen MR) is 102 cm³/mol. The maximum absolute atomic E-state index is 13.0. The van der Waals surface area contributed by atoms with E-state index in [0.29, 0.717) is 25.3 Å². The summed E-state index contributed by atoms with van der Waals surface area (Å²) in [4.78, 5) is 15.0. The Morgan fingerprint density at radius 3 is 2.65 bits per heavy atom. The van der Waals surface area contributed by atoms with Gasteiger partial charge in [0, 0.05) is 24.2 Å². The van der Waals surface area contributed by atoms with Crippen molar-refractivity contribution < 1.29 is 14.3 Å². The Balaban J connectivity index is 0.00000196. The van der Waals surface area contributed by atoms with Crippen molar-refractivity contribution in [1.82, 2.24) is 4.90 Å². The first-order valence-corrected chi connectivity index (χ1v) is 8.76. The van der Waals surface area contributed by atoms with Crippen LogP contribution in [0, 0.1) is 0 Å². The van der Waals surface area contributed by atoms with Crippen LogP contribution in [0.3, 0.4) is 0 Å². The predicted octanol–water partition coefficient (Wildman–Crippen LogP) is 3.32. The molecule has 1 atom stereocenters. The molecule has 1 fully saturated rings. The van der Waals surface area contributed by atoms with Gasteiger partial charge in [-0.25, -0.2) is 0 Å². The minimum absolute atomic E-state index is 0. The van der Waals surface area contributed by atoms with E-state index in [1.54, 1.807) is 0 Å². The molecule has 0 aliphatic carbocycles. The van der Waals surface area contributed by atoms with Crippen LogP contribution in [-0.4, -0.2) is 30.6 Å². The Kier molecular flexibility index (Phi) is 5.69. The van der Waals surface area contributed by atoms with Gasteiger partial charge in [0.05, 0.1) is 6.04 Å². The first-order valence-electron chi connectivity index (χ1n) is 8.76. The van der Waals surface area contributed by atoms with E-state index in [1.165, 1.54) is 0 Å². The molecule has 2 heterocycles. The summed E-state index contributed by atoms with van der Waals surface area (Å²) in [6.45, 7) is 2.35. The third kappa shape index (κ3) is 3.37. The maximum Gasteiger partial charge on any atom is 0.254 e. The topological polar surface area (TPSA) is 64.8 Å². The number of likely N-dealkylation sites (tertiary alicyclic amines) is 1. The van der Waals surface area contributed by atoms with E-state index in [2.05, 4.69) is 0 Å². The first-order chi connectivity index (χ1) is 12.3. The van der Waals surface area contributed by atoms with Crippen molar-refractivity contribution >= 4 is 18.3 Å². The van der Waals surface area contributed by atoms with E-state index >= 15 is 0 Å². The van der Waals surface area contributed by atoms with E-state index in [1.807, 2.05) is 47.4 Å². The van der Waals surface area contributed by atoms with Crippen LogP contribution >= 0.6 is 12.4 Å². The lowest BCUT2D eigenvalue weighted by molar-refractivity contribution is 0.0731. The number of benzene rings is 2. The molecular formula is C20H23ClN2O3. The molecular weight excluding hydrogens is 352 g/mol. The molecule has 2 aromatic rings. The summed E-state index contributed by atoms with van der Waals surface area (Å²) in [5.41, 5.74) is 8.41. The summed E-state index contributed by atoms with van der Waals surface area (Å²) < 4.78 is 11.5. The molecule has 0 aromatic heterocycles. The molecule has 4 rings (SSSR count). The van der Waals surface area contributed by atoms with E-state index in [-0.39, 0.29) is 24.4 Å². The lowest BCUT2D eigenvalue weighted by atomic mass is 10.0. The lowest BCUT2D eigenvalue weighted by Crippen LogP contribution is -2.31. The molecule has 2 aromatic carbocycles. The minimum atomic E-state index is 0. The van der Waals surface area contributed by atoms with Gasteiger partial charge in [-0.05, 0) is 36.6 Å². The molecule has 0 saturated carbocycles. The van der Waals surface area contributed by atoms with Gasteiger partial charge in [0.25, 0.3) is 5.91 Å². The molecule has 2 N–H and O–H groups in total. The highest BCUT2D eigenvalue weighted by Crippen LogP contribution is 2.43. The molecule has 2 aliphatic heterocycles. The highest BCUT2D eigenvalue weighted by atomic mass is 35.5. The number of ether oxygens (including phenoxy) is 2. The van der Waals surface area contributed by atoms with Crippen molar-refractivity contribution in [3.05, 3.63) is 59.2 Å². The van der Waals surface area contributed by atoms with Crippen LogP contribution in [0.2, 0.25) is 0 Å². The fraction of sp³-hybridized carbons (Fsp3) is 0.350. The summed E-state index contributed by atoms with van der Waals surface area (Å²) in [6.07, 6.45) is 1.92. The van der Waals surface area contributed by atoms with Crippen LogP contribution in [0.25, 0.3) is 0 Å². The van der Waals surface area contributed by atoms with Gasteiger partial charge in [-0.1, -0.05) is 24.3 Å². The van der Waals surface area contributed by atoms with Crippen LogP contribution in [0.5, 0.6) is 11.5 Å². The van der Waals surface area contributed by atoms with Gasteiger partial charge >= 0.3 is 0 Å². The summed E-state index contributed by atoms with van der Waals surface area (Å²) in [5, 5.41) is 0. The van der Waals surface area contributed by atoms with Crippen molar-refractivity contribution in [2.75, 3.05) is 19.8 Å². The molecule has 26 heavy (non-hydrogen) atoms. The molecule has 6 heteroatoms. The number of carbonyl (C=O) groups is 1. The van der Waals surface area contributed by atoms with Gasteiger partial charge in [0.2, 0.25) is 0 Å². The number of nitrogens with zero attached hydrogens (tertiary/aromatic N) is 1. The van der Waals surface area contributed by atoms with E-state index in [0.717, 1.165) is 42.0 Å². The van der Waals surface area contributed by atoms with Gasteiger partial charge in [0.1, 0.15) is 13.2 Å². The van der Waals surface area contributed by atoms with Crippen LogP contribution in [0.4, 0.5) is 0 Å². The number of fused-ring (bicyclic) bond motifs is 1. The second-order valence-electron chi connectivity index (χ2n) is 6.43. The van der Waals surface area contributed by atoms with E-state index in [9.17, 15) is 4.79 Å². The van der Waals surface area contributed by atoms with Gasteiger partial charge < -0.3 is 20.1 Å². The van der Waals surface area contributed by atoms with E-state index in [4.69, 9.17) is 15.2 Å². The number of para-hydroxylation sites is 1. The van der Waals surface area contributed by atoms with Crippen LogP contribution in [0.1, 0.15) is 40.4 Å². The van der Waals surface area contributed by atoms with Crippen molar-refractivity contribution in [2.45, 2.75) is 25.4 Å². The summed E-state index contributed by atoms with van der Waals surface area (Å²) in [7, 11) is 0. The summed E-state index contributed by atoms with van der Waals surface area (Å²) in [6, 6.07) is 13.5. The van der Waals surface area contributed by atoms with Crippen LogP contribution < -0.4 is 15.2 Å². The molecule has 2 aliphatic rings. The van der Waals surface area contributed by atoms with Gasteiger partial charge in [-0.3, -0.25) is 4.79 Å². The molecule has 0 spiro atoms. The number of nitrogens with two attached hydrogens (primary N) is 1. The van der Waals surface area contributed by atoms with Crippen LogP contribution in [0.15, 0.2) is 42.5 Å². The number of rotatable bonds is 3. The Hall–Kier alpha value is -2.24. The Morgan fingerprint density at radius 1 is 1.12 bits per heavy atom. The van der Waals surface area contributed by atoms with Crippen molar-refractivity contribution in [3.8, 4) is 11.5 Å². The van der Waals surface area contributed by atoms with E-state index < -0.39 is 0 Å². The Morgan fingerprint density at radius 2 is 1.88 bits per heavy atom. The third-order valence-corrected chi connectivity index (χ3v) is 4.91. The number of hydrogen-bond acceptors (Lipinski definition) is 4. The highest BCUT2D eigenvalue weighted by molar-refractivity contribution is 5.94. The number of carbonyl (C=O) groups excluding carboxylic acids is 1. The molecule has 1 amide bonds. The Labute approximate surface area is 159 Å². The number of hydrogen-bond donors (Lipinski definition) is 1. The quantitative estimate of drug-likeness (QED) is 0.895. The largest absolute Gasteiger partial charge is 0.486 e. The zero-order valence-electron chi connectivity index (χ0n) is 14.5. The minimum Gasteiger partial charge on any atom is -0.486 e. The van der Waals surface area contributed by atoms with Crippen LogP contribution in [-0.2, 0) is 6.54 Å². The summed E-state index contributed by atoms with van der Waals surface area (Å²) in [5.74, 6) is 1.62. The van der Waals surface area contributed by atoms with Gasteiger partial charge in [-0.15, -0.1) is 12.4 Å². The molecule has 1 saturated heterocycles. The van der Waals surface area contributed by atoms with Gasteiger partial charge in [0.15, 0.2) is 11.5 Å². The third-order valence-electron chi connectivity index (χ3n) is 4.91. The fourth-order valence-corrected chi connectivity index (χ4v) is 3.64. The molecule has 5 nitrogen and oxygen atoms in total. The Bertz CT molecular complexity index is 779. The second kappa shape index (κ2) is 7.98. The molecule has 138 valence electrons. The second-order valence-corrected chi connectivity index (χ2v) is 6.43. The molecule has 0 radical (unpaired) electrons. The first kappa shape index (κ1) is 18.5. The summed E-state index contributed by atoms with van der Waals surface area (Å²) >= 11 is 0. The normalized spacial score (nSPS) is 18.3.